The monoisotopic (exact) mass is 393 g/mol. The Labute approximate surface area is 155 Å². The van der Waals surface area contributed by atoms with Crippen molar-refractivity contribution in [2.24, 2.45) is 0 Å². The van der Waals surface area contributed by atoms with Gasteiger partial charge in [-0.05, 0) is 18.2 Å². The first-order valence-electron chi connectivity index (χ1n) is 8.37. The van der Waals surface area contributed by atoms with Gasteiger partial charge in [0.2, 0.25) is 5.91 Å². The van der Waals surface area contributed by atoms with E-state index in [1.165, 1.54) is 15.5 Å². The first-order valence-corrected chi connectivity index (χ1v) is 8.37. The number of halogens is 3. The molecule has 1 fully saturated rings. The molecule has 0 saturated carbocycles. The zero-order valence-corrected chi connectivity index (χ0v) is 14.3. The standard InChI is InChI=1S/C18H14F3N3O4/c19-18(20,21)15-7-11(5-6-22-15)27-12-8-23(9-12)16(25)10-24-13-3-1-2-4-14(13)28-17(24)26/h1-7,12H,8-10H2. The van der Waals surface area contributed by atoms with Crippen LogP contribution in [-0.4, -0.2) is 39.6 Å². The van der Waals surface area contributed by atoms with E-state index >= 15 is 0 Å². The minimum Gasteiger partial charge on any atom is -0.487 e. The highest BCUT2D eigenvalue weighted by molar-refractivity contribution is 5.80. The van der Waals surface area contributed by atoms with Crippen molar-refractivity contribution in [2.75, 3.05) is 13.1 Å². The van der Waals surface area contributed by atoms with Crippen molar-refractivity contribution < 1.29 is 27.1 Å². The molecule has 0 atom stereocenters. The Morgan fingerprint density at radius 3 is 2.75 bits per heavy atom. The van der Waals surface area contributed by atoms with Gasteiger partial charge >= 0.3 is 11.9 Å². The number of carbonyl (C=O) groups excluding carboxylic acids is 1. The summed E-state index contributed by atoms with van der Waals surface area (Å²) in [6, 6.07) is 8.92. The van der Waals surface area contributed by atoms with Crippen molar-refractivity contribution in [1.29, 1.82) is 0 Å². The molecule has 1 aliphatic rings. The summed E-state index contributed by atoms with van der Waals surface area (Å²) < 4.78 is 49.9. The number of aromatic nitrogens is 2. The molecule has 1 aliphatic heterocycles. The second-order valence-electron chi connectivity index (χ2n) is 6.33. The van der Waals surface area contributed by atoms with E-state index in [-0.39, 0.29) is 31.3 Å². The van der Waals surface area contributed by atoms with Crippen LogP contribution in [0.15, 0.2) is 51.8 Å². The van der Waals surface area contributed by atoms with Gasteiger partial charge in [0.15, 0.2) is 5.58 Å². The third-order valence-corrected chi connectivity index (χ3v) is 4.39. The predicted octanol–water partition coefficient (Wildman–Crippen LogP) is 2.30. The van der Waals surface area contributed by atoms with Gasteiger partial charge in [-0.15, -0.1) is 0 Å². The van der Waals surface area contributed by atoms with Crippen molar-refractivity contribution >= 4 is 17.0 Å². The molecule has 7 nitrogen and oxygen atoms in total. The van der Waals surface area contributed by atoms with Gasteiger partial charge in [0.1, 0.15) is 24.1 Å². The van der Waals surface area contributed by atoms with Crippen LogP contribution in [0.2, 0.25) is 0 Å². The van der Waals surface area contributed by atoms with Crippen molar-refractivity contribution in [3.63, 3.8) is 0 Å². The number of amides is 1. The molecule has 10 heteroatoms. The van der Waals surface area contributed by atoms with Crippen LogP contribution < -0.4 is 10.5 Å². The molecule has 0 radical (unpaired) electrons. The maximum absolute atomic E-state index is 12.7. The third-order valence-electron chi connectivity index (χ3n) is 4.39. The van der Waals surface area contributed by atoms with E-state index in [9.17, 15) is 22.8 Å². The van der Waals surface area contributed by atoms with Crippen molar-refractivity contribution in [2.45, 2.75) is 18.8 Å². The van der Waals surface area contributed by atoms with Crippen molar-refractivity contribution in [1.82, 2.24) is 14.5 Å². The number of ether oxygens (including phenoxy) is 1. The largest absolute Gasteiger partial charge is 0.487 e. The van der Waals surface area contributed by atoms with Gasteiger partial charge in [0.25, 0.3) is 0 Å². The summed E-state index contributed by atoms with van der Waals surface area (Å²) in [5, 5.41) is 0. The topological polar surface area (TPSA) is 77.6 Å². The average Bonchev–Trinajstić information content (AvgIpc) is 2.93. The molecule has 0 unspecified atom stereocenters. The fourth-order valence-corrected chi connectivity index (χ4v) is 2.95. The molecule has 3 aromatic rings. The normalized spacial score (nSPS) is 14.9. The van der Waals surface area contributed by atoms with Crippen LogP contribution in [0.4, 0.5) is 13.2 Å². The minimum absolute atomic E-state index is 0.0384. The van der Waals surface area contributed by atoms with E-state index in [2.05, 4.69) is 4.98 Å². The van der Waals surface area contributed by atoms with Crippen molar-refractivity contribution in [3.8, 4) is 5.75 Å². The van der Waals surface area contributed by atoms with Gasteiger partial charge in [-0.25, -0.2) is 4.79 Å². The smallest absolute Gasteiger partial charge is 0.433 e. The Morgan fingerprint density at radius 1 is 1.25 bits per heavy atom. The fraction of sp³-hybridized carbons (Fsp3) is 0.278. The molecule has 146 valence electrons. The first-order chi connectivity index (χ1) is 13.3. The highest BCUT2D eigenvalue weighted by atomic mass is 19.4. The number of nitrogens with zero attached hydrogens (tertiary/aromatic N) is 3. The van der Waals surface area contributed by atoms with E-state index in [0.717, 1.165) is 12.3 Å². The number of hydrogen-bond donors (Lipinski definition) is 0. The van der Waals surface area contributed by atoms with Crippen molar-refractivity contribution in [3.05, 3.63) is 58.8 Å². The summed E-state index contributed by atoms with van der Waals surface area (Å²) in [5.41, 5.74) is -0.127. The molecule has 4 rings (SSSR count). The summed E-state index contributed by atoms with van der Waals surface area (Å²) in [5.74, 6) is -0.893. The van der Waals surface area contributed by atoms with Gasteiger partial charge in [-0.3, -0.25) is 14.3 Å². The highest BCUT2D eigenvalue weighted by Crippen LogP contribution is 2.30. The van der Waals surface area contributed by atoms with Crippen LogP contribution in [0.5, 0.6) is 5.75 Å². The average molecular weight is 393 g/mol. The Bertz CT molecular complexity index is 1080. The molecule has 0 N–H and O–H groups in total. The van der Waals surface area contributed by atoms with Crippen LogP contribution in [0.1, 0.15) is 5.69 Å². The van der Waals surface area contributed by atoms with E-state index in [1.54, 1.807) is 24.3 Å². The zero-order chi connectivity index (χ0) is 19.9. The van der Waals surface area contributed by atoms with E-state index in [0.29, 0.717) is 11.1 Å². The van der Waals surface area contributed by atoms with E-state index in [1.807, 2.05) is 0 Å². The summed E-state index contributed by atoms with van der Waals surface area (Å²) in [6.07, 6.45) is -3.96. The number of rotatable bonds is 4. The molecule has 1 saturated heterocycles. The lowest BCUT2D eigenvalue weighted by Crippen LogP contribution is -2.57. The Morgan fingerprint density at radius 2 is 2.00 bits per heavy atom. The quantitative estimate of drug-likeness (QED) is 0.680. The number of para-hydroxylation sites is 2. The highest BCUT2D eigenvalue weighted by Gasteiger charge is 2.35. The molecule has 1 aromatic carbocycles. The van der Waals surface area contributed by atoms with E-state index in [4.69, 9.17) is 9.15 Å². The van der Waals surface area contributed by atoms with Gasteiger partial charge < -0.3 is 14.1 Å². The molecule has 1 amide bonds. The molecule has 2 aromatic heterocycles. The second kappa shape index (κ2) is 6.70. The van der Waals surface area contributed by atoms with Gasteiger partial charge in [-0.1, -0.05) is 12.1 Å². The summed E-state index contributed by atoms with van der Waals surface area (Å²) in [7, 11) is 0. The first kappa shape index (κ1) is 18.1. The van der Waals surface area contributed by atoms with Crippen LogP contribution in [0.25, 0.3) is 11.1 Å². The number of fused-ring (bicyclic) bond motifs is 1. The lowest BCUT2D eigenvalue weighted by Gasteiger charge is -2.39. The summed E-state index contributed by atoms with van der Waals surface area (Å²) in [4.78, 5) is 29.0. The number of likely N-dealkylation sites (tertiary alicyclic amines) is 1. The zero-order valence-electron chi connectivity index (χ0n) is 14.3. The van der Waals surface area contributed by atoms with Gasteiger partial charge in [0.05, 0.1) is 18.6 Å². The third kappa shape index (κ3) is 3.45. The number of alkyl halides is 3. The molecule has 0 aliphatic carbocycles. The van der Waals surface area contributed by atoms with Crippen LogP contribution >= 0.6 is 0 Å². The molecular weight excluding hydrogens is 379 g/mol. The van der Waals surface area contributed by atoms with Crippen LogP contribution in [0, 0.1) is 0 Å². The summed E-state index contributed by atoms with van der Waals surface area (Å²) >= 11 is 0. The van der Waals surface area contributed by atoms with E-state index < -0.39 is 23.7 Å². The maximum atomic E-state index is 12.7. The molecule has 28 heavy (non-hydrogen) atoms. The number of benzene rings is 1. The molecular formula is C18H14F3N3O4. The fourth-order valence-electron chi connectivity index (χ4n) is 2.95. The molecule has 0 spiro atoms. The van der Waals surface area contributed by atoms with Gasteiger partial charge in [-0.2, -0.15) is 13.2 Å². The Balaban J connectivity index is 1.37. The SMILES string of the molecule is O=C(Cn1c(=O)oc2ccccc21)N1CC(Oc2ccnc(C(F)(F)F)c2)C1. The van der Waals surface area contributed by atoms with Crippen LogP contribution in [-0.2, 0) is 17.5 Å². The number of hydrogen-bond acceptors (Lipinski definition) is 5. The van der Waals surface area contributed by atoms with Crippen LogP contribution in [0.3, 0.4) is 0 Å². The maximum Gasteiger partial charge on any atom is 0.433 e. The molecule has 0 bridgehead atoms. The van der Waals surface area contributed by atoms with Gasteiger partial charge in [0, 0.05) is 12.3 Å². The molecule has 3 heterocycles. The Kier molecular flexibility index (Phi) is 4.33. The lowest BCUT2D eigenvalue weighted by molar-refractivity contribution is -0.141. The number of pyridine rings is 1. The number of oxazole rings is 1. The summed E-state index contributed by atoms with van der Waals surface area (Å²) in [6.45, 7) is 0.246. The predicted molar refractivity (Wildman–Crippen MR) is 90.7 cm³/mol. The Hall–Kier alpha value is -3.30. The number of carbonyl (C=O) groups is 1. The second-order valence-corrected chi connectivity index (χ2v) is 6.33. The minimum atomic E-state index is -4.55. The lowest BCUT2D eigenvalue weighted by atomic mass is 10.1.